The van der Waals surface area contributed by atoms with Crippen molar-refractivity contribution in [2.24, 2.45) is 0 Å². The molecule has 4 heteroatoms. The number of carbonyl (C=O) groups is 1. The molecule has 0 fully saturated rings. The first-order chi connectivity index (χ1) is 11.3. The first-order valence-corrected chi connectivity index (χ1v) is 7.67. The van der Waals surface area contributed by atoms with Crippen LogP contribution in [-0.2, 0) is 17.8 Å². The molecule has 1 amide bonds. The Labute approximate surface area is 135 Å². The molecule has 0 bridgehead atoms. The van der Waals surface area contributed by atoms with Gasteiger partial charge in [0.15, 0.2) is 0 Å². The summed E-state index contributed by atoms with van der Waals surface area (Å²) in [4.78, 5) is 12.2. The highest BCUT2D eigenvalue weighted by Crippen LogP contribution is 2.25. The summed E-state index contributed by atoms with van der Waals surface area (Å²) in [6.45, 7) is 0.405. The highest BCUT2D eigenvalue weighted by atomic mass is 16.3. The van der Waals surface area contributed by atoms with E-state index < -0.39 is 0 Å². The Hall–Kier alpha value is -2.75. The monoisotopic (exact) mass is 309 g/mol. The summed E-state index contributed by atoms with van der Waals surface area (Å²) in [6.07, 6.45) is 4.39. The minimum atomic E-state index is -0.0151. The van der Waals surface area contributed by atoms with Crippen LogP contribution in [-0.4, -0.2) is 5.91 Å². The third kappa shape index (κ3) is 4.36. The van der Waals surface area contributed by atoms with Crippen LogP contribution in [0, 0.1) is 0 Å². The molecule has 0 spiro atoms. The number of hydrogen-bond donors (Lipinski definition) is 1. The fourth-order valence-corrected chi connectivity index (χ4v) is 2.59. The molecule has 1 N–H and O–H groups in total. The zero-order valence-electron chi connectivity index (χ0n) is 12.8. The van der Waals surface area contributed by atoms with Crippen molar-refractivity contribution in [3.63, 3.8) is 0 Å². The number of furan rings is 2. The molecular weight excluding hydrogens is 290 g/mol. The van der Waals surface area contributed by atoms with Gasteiger partial charge in [-0.1, -0.05) is 30.3 Å². The molecule has 23 heavy (non-hydrogen) atoms. The largest absolute Gasteiger partial charge is 0.469 e. The number of carbonyl (C=O) groups excluding carboxylic acids is 1. The van der Waals surface area contributed by atoms with E-state index in [0.29, 0.717) is 13.0 Å². The van der Waals surface area contributed by atoms with E-state index in [9.17, 15) is 4.79 Å². The normalized spacial score (nSPS) is 12.0. The van der Waals surface area contributed by atoms with Crippen molar-refractivity contribution in [1.29, 1.82) is 0 Å². The van der Waals surface area contributed by atoms with Gasteiger partial charge in [0, 0.05) is 12.3 Å². The van der Waals surface area contributed by atoms with Gasteiger partial charge in [-0.15, -0.1) is 0 Å². The second-order valence-electron chi connectivity index (χ2n) is 5.46. The molecule has 0 aliphatic carbocycles. The van der Waals surface area contributed by atoms with Gasteiger partial charge in [-0.2, -0.15) is 0 Å². The third-order valence-electron chi connectivity index (χ3n) is 3.74. The van der Waals surface area contributed by atoms with E-state index in [-0.39, 0.29) is 11.8 Å². The van der Waals surface area contributed by atoms with Crippen LogP contribution >= 0.6 is 0 Å². The number of nitrogens with one attached hydrogen (secondary N) is 1. The number of hydrogen-bond acceptors (Lipinski definition) is 3. The lowest BCUT2D eigenvalue weighted by molar-refractivity contribution is -0.121. The smallest absolute Gasteiger partial charge is 0.221 e. The summed E-state index contributed by atoms with van der Waals surface area (Å²) in [5.74, 6) is 1.58. The van der Waals surface area contributed by atoms with Crippen molar-refractivity contribution in [2.75, 3.05) is 0 Å². The van der Waals surface area contributed by atoms with Gasteiger partial charge in [-0.3, -0.25) is 4.79 Å². The second-order valence-corrected chi connectivity index (χ2v) is 5.46. The molecule has 0 saturated heterocycles. The molecule has 4 nitrogen and oxygen atoms in total. The van der Waals surface area contributed by atoms with Crippen LogP contribution in [0.1, 0.15) is 29.4 Å². The van der Waals surface area contributed by atoms with E-state index in [4.69, 9.17) is 8.83 Å². The van der Waals surface area contributed by atoms with Crippen LogP contribution in [0.25, 0.3) is 0 Å². The van der Waals surface area contributed by atoms with Crippen LogP contribution in [0.4, 0.5) is 0 Å². The molecule has 0 radical (unpaired) electrons. The first-order valence-electron chi connectivity index (χ1n) is 7.67. The zero-order chi connectivity index (χ0) is 15.9. The lowest BCUT2D eigenvalue weighted by Gasteiger charge is -2.14. The van der Waals surface area contributed by atoms with E-state index in [1.165, 1.54) is 5.56 Å². The van der Waals surface area contributed by atoms with Crippen LogP contribution in [0.5, 0.6) is 0 Å². The van der Waals surface area contributed by atoms with Crippen LogP contribution in [0.2, 0.25) is 0 Å². The summed E-state index contributed by atoms with van der Waals surface area (Å²) in [5.41, 5.74) is 1.19. The van der Waals surface area contributed by atoms with Crippen LogP contribution in [0.15, 0.2) is 76.0 Å². The van der Waals surface area contributed by atoms with Crippen molar-refractivity contribution in [3.05, 3.63) is 84.2 Å². The molecule has 2 aromatic heterocycles. The topological polar surface area (TPSA) is 55.4 Å². The predicted molar refractivity (Wildman–Crippen MR) is 86.8 cm³/mol. The maximum Gasteiger partial charge on any atom is 0.221 e. The summed E-state index contributed by atoms with van der Waals surface area (Å²) >= 11 is 0. The van der Waals surface area contributed by atoms with Crippen molar-refractivity contribution in [1.82, 2.24) is 5.32 Å². The molecule has 2 heterocycles. The highest BCUT2D eigenvalue weighted by Gasteiger charge is 2.19. The van der Waals surface area contributed by atoms with Crippen molar-refractivity contribution >= 4 is 5.91 Å². The Bertz CT molecular complexity index is 702. The minimum Gasteiger partial charge on any atom is -0.469 e. The average Bonchev–Trinajstić information content (AvgIpc) is 3.27. The van der Waals surface area contributed by atoms with E-state index in [0.717, 1.165) is 17.9 Å². The summed E-state index contributed by atoms with van der Waals surface area (Å²) in [7, 11) is 0. The number of benzene rings is 1. The predicted octanol–water partition coefficient (Wildman–Crippen LogP) is 3.91. The molecule has 118 valence electrons. The first kappa shape index (κ1) is 15.2. The number of rotatable bonds is 7. The van der Waals surface area contributed by atoms with Crippen molar-refractivity contribution in [2.45, 2.75) is 25.3 Å². The quantitative estimate of drug-likeness (QED) is 0.720. The average molecular weight is 309 g/mol. The molecule has 0 unspecified atom stereocenters. The maximum atomic E-state index is 12.2. The Balaban J connectivity index is 1.62. The molecule has 0 aliphatic rings. The van der Waals surface area contributed by atoms with Gasteiger partial charge in [0.05, 0.1) is 19.1 Å². The van der Waals surface area contributed by atoms with E-state index in [1.54, 1.807) is 12.5 Å². The van der Waals surface area contributed by atoms with Gasteiger partial charge in [-0.25, -0.2) is 0 Å². The summed E-state index contributed by atoms with van der Waals surface area (Å²) < 4.78 is 10.7. The standard InChI is InChI=1S/C19H19NO3/c21-19(20-14-17-8-4-10-22-17)13-16(18-9-5-11-23-18)12-15-6-2-1-3-7-15/h1-11,16H,12-14H2,(H,20,21)/t16-/m0/s1. The SMILES string of the molecule is O=C(C[C@H](Cc1ccccc1)c1ccco1)NCc1ccco1. The summed E-state index contributed by atoms with van der Waals surface area (Å²) in [6, 6.07) is 17.6. The molecule has 0 saturated carbocycles. The fraction of sp³-hybridized carbons (Fsp3) is 0.211. The van der Waals surface area contributed by atoms with Gasteiger partial charge >= 0.3 is 0 Å². The molecule has 3 rings (SSSR count). The van der Waals surface area contributed by atoms with E-state index in [2.05, 4.69) is 17.4 Å². The van der Waals surface area contributed by atoms with Gasteiger partial charge in [0.1, 0.15) is 11.5 Å². The van der Waals surface area contributed by atoms with Crippen LogP contribution in [0.3, 0.4) is 0 Å². The van der Waals surface area contributed by atoms with Gasteiger partial charge in [-0.05, 0) is 36.2 Å². The molecule has 3 aromatic rings. The lowest BCUT2D eigenvalue weighted by atomic mass is 9.93. The lowest BCUT2D eigenvalue weighted by Crippen LogP contribution is -2.25. The number of amides is 1. The third-order valence-corrected chi connectivity index (χ3v) is 3.74. The fourth-order valence-electron chi connectivity index (χ4n) is 2.59. The summed E-state index contributed by atoms with van der Waals surface area (Å²) in [5, 5.41) is 2.89. The van der Waals surface area contributed by atoms with Gasteiger partial charge in [0.25, 0.3) is 0 Å². The Morgan fingerprint density at radius 1 is 0.957 bits per heavy atom. The zero-order valence-corrected chi connectivity index (χ0v) is 12.8. The maximum absolute atomic E-state index is 12.2. The van der Waals surface area contributed by atoms with E-state index in [1.807, 2.05) is 42.5 Å². The molecule has 0 aliphatic heterocycles. The minimum absolute atomic E-state index is 0.0151. The van der Waals surface area contributed by atoms with E-state index >= 15 is 0 Å². The van der Waals surface area contributed by atoms with Crippen molar-refractivity contribution < 1.29 is 13.6 Å². The highest BCUT2D eigenvalue weighted by molar-refractivity contribution is 5.76. The molecule has 1 atom stereocenters. The van der Waals surface area contributed by atoms with Crippen molar-refractivity contribution in [3.8, 4) is 0 Å². The van der Waals surface area contributed by atoms with Gasteiger partial charge in [0.2, 0.25) is 5.91 Å². The molecule has 1 aromatic carbocycles. The Kier molecular flexibility index (Phi) is 4.94. The Morgan fingerprint density at radius 2 is 1.74 bits per heavy atom. The van der Waals surface area contributed by atoms with Gasteiger partial charge < -0.3 is 14.2 Å². The second kappa shape index (κ2) is 7.49. The Morgan fingerprint density at radius 3 is 2.43 bits per heavy atom. The molecular formula is C19H19NO3. The van der Waals surface area contributed by atoms with Crippen LogP contribution < -0.4 is 5.32 Å².